The Labute approximate surface area is 118 Å². The van der Waals surface area contributed by atoms with Crippen molar-refractivity contribution in [2.75, 3.05) is 18.6 Å². The first-order valence-corrected chi connectivity index (χ1v) is 8.12. The maximum absolute atomic E-state index is 11.9. The van der Waals surface area contributed by atoms with E-state index in [0.29, 0.717) is 0 Å². The summed E-state index contributed by atoms with van der Waals surface area (Å²) in [6, 6.07) is 0. The van der Waals surface area contributed by atoms with Gasteiger partial charge in [-0.05, 0) is 33.6 Å². The average Bonchev–Trinajstić information content (AvgIpc) is 2.23. The van der Waals surface area contributed by atoms with E-state index in [4.69, 9.17) is 4.74 Å². The van der Waals surface area contributed by atoms with Crippen LogP contribution in [0.3, 0.4) is 0 Å². The van der Waals surface area contributed by atoms with Gasteiger partial charge in [-0.3, -0.25) is 0 Å². The van der Waals surface area contributed by atoms with Crippen LogP contribution in [0.1, 0.15) is 33.6 Å². The molecular formula is C12H21NO6S. The lowest BCUT2D eigenvalue weighted by atomic mass is 9.95. The Hall–Kier alpha value is -1.31. The molecule has 0 aliphatic carbocycles. The lowest BCUT2D eigenvalue weighted by molar-refractivity contribution is -0.148. The summed E-state index contributed by atoms with van der Waals surface area (Å²) in [6.45, 7) is 5.03. The molecule has 0 aromatic carbocycles. The number of rotatable bonds is 2. The second-order valence-corrected chi connectivity index (χ2v) is 8.08. The second kappa shape index (κ2) is 5.59. The van der Waals surface area contributed by atoms with Crippen molar-refractivity contribution in [3.05, 3.63) is 0 Å². The molecule has 1 N–H and O–H groups in total. The van der Waals surface area contributed by atoms with Crippen LogP contribution < -0.4 is 5.32 Å². The van der Waals surface area contributed by atoms with Gasteiger partial charge >= 0.3 is 12.1 Å². The molecule has 1 unspecified atom stereocenters. The molecule has 20 heavy (non-hydrogen) atoms. The van der Waals surface area contributed by atoms with Gasteiger partial charge in [0.1, 0.15) is 5.60 Å². The van der Waals surface area contributed by atoms with Crippen molar-refractivity contribution in [2.24, 2.45) is 0 Å². The Morgan fingerprint density at radius 2 is 1.85 bits per heavy atom. The van der Waals surface area contributed by atoms with Crippen molar-refractivity contribution in [1.29, 1.82) is 0 Å². The van der Waals surface area contributed by atoms with Crippen LogP contribution in [0.15, 0.2) is 0 Å². The molecule has 1 aliphatic rings. The van der Waals surface area contributed by atoms with E-state index in [-0.39, 0.29) is 18.6 Å². The molecule has 0 saturated carbocycles. The average molecular weight is 307 g/mol. The van der Waals surface area contributed by atoms with E-state index < -0.39 is 38.8 Å². The predicted octanol–water partition coefficient (Wildman–Crippen LogP) is 0.631. The molecule has 1 amide bonds. The monoisotopic (exact) mass is 307 g/mol. The third kappa shape index (κ3) is 4.36. The molecule has 0 aromatic heterocycles. The van der Waals surface area contributed by atoms with Gasteiger partial charge in [0.15, 0.2) is 15.4 Å². The van der Waals surface area contributed by atoms with Crippen LogP contribution in [0.2, 0.25) is 0 Å². The smallest absolute Gasteiger partial charge is 0.408 e. The molecule has 0 radical (unpaired) electrons. The Bertz CT molecular complexity index is 493. The highest BCUT2D eigenvalue weighted by Crippen LogP contribution is 2.25. The van der Waals surface area contributed by atoms with E-state index in [2.05, 4.69) is 10.1 Å². The first kappa shape index (κ1) is 16.7. The van der Waals surface area contributed by atoms with Gasteiger partial charge in [-0.25, -0.2) is 18.0 Å². The van der Waals surface area contributed by atoms with Crippen molar-refractivity contribution in [2.45, 2.75) is 44.8 Å². The Morgan fingerprint density at radius 1 is 1.25 bits per heavy atom. The van der Waals surface area contributed by atoms with E-state index in [1.165, 1.54) is 0 Å². The summed E-state index contributed by atoms with van der Waals surface area (Å²) in [7, 11) is -2.25. The van der Waals surface area contributed by atoms with Gasteiger partial charge in [0.25, 0.3) is 0 Å². The Kier molecular flexibility index (Phi) is 4.68. The maximum Gasteiger partial charge on any atom is 0.408 e. The Balaban J connectivity index is 2.96. The van der Waals surface area contributed by atoms with E-state index >= 15 is 0 Å². The van der Waals surface area contributed by atoms with E-state index in [1.807, 2.05) is 0 Å². The minimum atomic E-state index is -3.41. The maximum atomic E-state index is 11.9. The van der Waals surface area contributed by atoms with Crippen LogP contribution in [0.25, 0.3) is 0 Å². The quantitative estimate of drug-likeness (QED) is 0.751. The Morgan fingerprint density at radius 3 is 2.30 bits per heavy atom. The van der Waals surface area contributed by atoms with Crippen LogP contribution >= 0.6 is 0 Å². The van der Waals surface area contributed by atoms with Gasteiger partial charge in [0, 0.05) is 0 Å². The van der Waals surface area contributed by atoms with Crippen LogP contribution in [-0.4, -0.2) is 50.2 Å². The molecule has 8 heteroatoms. The zero-order valence-corrected chi connectivity index (χ0v) is 13.0. The molecular weight excluding hydrogens is 286 g/mol. The van der Waals surface area contributed by atoms with Gasteiger partial charge in [0.05, 0.1) is 18.6 Å². The van der Waals surface area contributed by atoms with Crippen molar-refractivity contribution in [3.8, 4) is 0 Å². The molecule has 1 fully saturated rings. The van der Waals surface area contributed by atoms with Crippen molar-refractivity contribution >= 4 is 21.9 Å². The highest BCUT2D eigenvalue weighted by atomic mass is 32.2. The SMILES string of the molecule is COC(=O)C1(NC(=O)OC(C)(C)C)CCCS(=O)(=O)C1. The number of hydrogen-bond acceptors (Lipinski definition) is 6. The van der Waals surface area contributed by atoms with E-state index in [0.717, 1.165) is 7.11 Å². The zero-order chi connectivity index (χ0) is 15.6. The molecule has 1 heterocycles. The van der Waals surface area contributed by atoms with Gasteiger partial charge < -0.3 is 14.8 Å². The van der Waals surface area contributed by atoms with Crippen LogP contribution in [-0.2, 0) is 24.1 Å². The van der Waals surface area contributed by atoms with Gasteiger partial charge in [-0.1, -0.05) is 0 Å². The minimum absolute atomic E-state index is 0.00173. The van der Waals surface area contributed by atoms with Gasteiger partial charge in [-0.15, -0.1) is 0 Å². The molecule has 116 valence electrons. The third-order valence-electron chi connectivity index (χ3n) is 2.84. The normalized spacial score (nSPS) is 25.6. The molecule has 1 aliphatic heterocycles. The van der Waals surface area contributed by atoms with Crippen molar-refractivity contribution in [1.82, 2.24) is 5.32 Å². The summed E-state index contributed by atoms with van der Waals surface area (Å²) in [4.78, 5) is 23.7. The number of ether oxygens (including phenoxy) is 2. The number of alkyl carbamates (subject to hydrolysis) is 1. The number of carbonyl (C=O) groups excluding carboxylic acids is 2. The minimum Gasteiger partial charge on any atom is -0.467 e. The first-order chi connectivity index (χ1) is 9.00. The first-order valence-electron chi connectivity index (χ1n) is 6.30. The van der Waals surface area contributed by atoms with Gasteiger partial charge in [-0.2, -0.15) is 0 Å². The fraction of sp³-hybridized carbons (Fsp3) is 0.833. The number of nitrogens with one attached hydrogen (secondary N) is 1. The van der Waals surface area contributed by atoms with Crippen LogP contribution in [0.5, 0.6) is 0 Å². The molecule has 0 bridgehead atoms. The molecule has 0 spiro atoms. The lowest BCUT2D eigenvalue weighted by Crippen LogP contribution is -2.61. The fourth-order valence-electron chi connectivity index (χ4n) is 2.12. The van der Waals surface area contributed by atoms with Crippen LogP contribution in [0, 0.1) is 0 Å². The topological polar surface area (TPSA) is 98.8 Å². The molecule has 0 aromatic rings. The summed E-state index contributed by atoms with van der Waals surface area (Å²) in [5.41, 5.74) is -2.30. The van der Waals surface area contributed by atoms with Crippen molar-refractivity contribution in [3.63, 3.8) is 0 Å². The number of hydrogen-bond donors (Lipinski definition) is 1. The third-order valence-corrected chi connectivity index (χ3v) is 4.68. The van der Waals surface area contributed by atoms with Crippen LogP contribution in [0.4, 0.5) is 4.79 Å². The summed E-state index contributed by atoms with van der Waals surface area (Å²) < 4.78 is 33.2. The summed E-state index contributed by atoms with van der Waals surface area (Å²) in [5.74, 6) is -1.24. The van der Waals surface area contributed by atoms with Gasteiger partial charge in [0.2, 0.25) is 0 Å². The second-order valence-electron chi connectivity index (χ2n) is 5.90. The number of carbonyl (C=O) groups is 2. The lowest BCUT2D eigenvalue weighted by Gasteiger charge is -2.35. The number of sulfone groups is 1. The predicted molar refractivity (Wildman–Crippen MR) is 72.0 cm³/mol. The number of methoxy groups -OCH3 is 1. The number of amides is 1. The summed E-state index contributed by atoms with van der Waals surface area (Å²) >= 11 is 0. The highest BCUT2D eigenvalue weighted by Gasteiger charge is 2.48. The fourth-order valence-corrected chi connectivity index (χ4v) is 3.93. The summed E-state index contributed by atoms with van der Waals surface area (Å²) in [6.07, 6.45) is -0.342. The molecule has 1 atom stereocenters. The molecule has 1 saturated heterocycles. The van der Waals surface area contributed by atoms with E-state index in [9.17, 15) is 18.0 Å². The zero-order valence-electron chi connectivity index (χ0n) is 12.2. The highest BCUT2D eigenvalue weighted by molar-refractivity contribution is 7.91. The standard InChI is InChI=1S/C12H21NO6S/c1-11(2,3)19-10(15)13-12(9(14)18-4)6-5-7-20(16,17)8-12/h5-8H2,1-4H3,(H,13,15). The number of esters is 1. The summed E-state index contributed by atoms with van der Waals surface area (Å²) in [5, 5.41) is 2.38. The van der Waals surface area contributed by atoms with Crippen molar-refractivity contribution < 1.29 is 27.5 Å². The molecule has 1 rings (SSSR count). The van der Waals surface area contributed by atoms with E-state index in [1.54, 1.807) is 20.8 Å². The largest absolute Gasteiger partial charge is 0.467 e. The molecule has 7 nitrogen and oxygen atoms in total.